The molecule has 194 valence electrons. The molecule has 0 nitrogen and oxygen atoms in total. The van der Waals surface area contributed by atoms with Gasteiger partial charge in [0.2, 0.25) is 0 Å². The summed E-state index contributed by atoms with van der Waals surface area (Å²) in [6, 6.07) is 19.4. The average Bonchev–Trinajstić information content (AvgIpc) is 2.98. The van der Waals surface area contributed by atoms with Crippen molar-refractivity contribution in [3.8, 4) is 11.1 Å². The summed E-state index contributed by atoms with van der Waals surface area (Å²) in [5, 5.41) is 0. The lowest BCUT2D eigenvalue weighted by Gasteiger charge is -2.36. The molecule has 4 aliphatic rings. The molecule has 36 heavy (non-hydrogen) atoms. The van der Waals surface area contributed by atoms with Crippen molar-refractivity contribution in [2.45, 2.75) is 127 Å². The summed E-state index contributed by atoms with van der Waals surface area (Å²) in [6.07, 6.45) is 26.6. The van der Waals surface area contributed by atoms with Crippen molar-refractivity contribution >= 4 is 0 Å². The Morgan fingerprint density at radius 2 is 0.611 bits per heavy atom. The standard InChI is InChI=1S/C36H50/c1-3-7-27(8-4-1)29-11-15-31(16-12-29)33-19-23-35(24-20-33)36-25-21-34(22-26-36)32-17-13-30(14-18-32)28-9-5-2-6-10-28/h19-32H,1-18H2. The molecule has 0 aromatic heterocycles. The highest BCUT2D eigenvalue weighted by molar-refractivity contribution is 5.64. The molecule has 0 amide bonds. The Morgan fingerprint density at radius 1 is 0.306 bits per heavy atom. The van der Waals surface area contributed by atoms with Crippen LogP contribution in [0.5, 0.6) is 0 Å². The molecule has 4 saturated carbocycles. The van der Waals surface area contributed by atoms with Gasteiger partial charge in [-0.05, 0) is 109 Å². The third kappa shape index (κ3) is 5.79. The van der Waals surface area contributed by atoms with Crippen LogP contribution in [0.25, 0.3) is 11.1 Å². The molecule has 2 aromatic carbocycles. The Labute approximate surface area is 221 Å². The van der Waals surface area contributed by atoms with Crippen molar-refractivity contribution in [2.24, 2.45) is 23.7 Å². The molecule has 0 atom stereocenters. The number of hydrogen-bond acceptors (Lipinski definition) is 0. The van der Waals surface area contributed by atoms with E-state index in [1.54, 1.807) is 11.1 Å². The Bertz CT molecular complexity index is 830. The highest BCUT2D eigenvalue weighted by atomic mass is 14.4. The lowest BCUT2D eigenvalue weighted by Crippen LogP contribution is -2.23. The van der Waals surface area contributed by atoms with E-state index < -0.39 is 0 Å². The number of hydrogen-bond donors (Lipinski definition) is 0. The molecule has 0 aliphatic heterocycles. The topological polar surface area (TPSA) is 0 Å². The van der Waals surface area contributed by atoms with Gasteiger partial charge in [-0.1, -0.05) is 113 Å². The van der Waals surface area contributed by atoms with Crippen molar-refractivity contribution in [3.63, 3.8) is 0 Å². The molecular formula is C36H50. The number of benzene rings is 2. The van der Waals surface area contributed by atoms with E-state index in [0.717, 1.165) is 35.5 Å². The van der Waals surface area contributed by atoms with Gasteiger partial charge in [-0.2, -0.15) is 0 Å². The minimum Gasteiger partial charge on any atom is -0.0581 e. The maximum atomic E-state index is 2.45. The van der Waals surface area contributed by atoms with Gasteiger partial charge in [-0.25, -0.2) is 0 Å². The summed E-state index contributed by atoms with van der Waals surface area (Å²) in [5.41, 5.74) is 5.96. The zero-order valence-corrected chi connectivity index (χ0v) is 22.8. The van der Waals surface area contributed by atoms with Crippen LogP contribution in [-0.2, 0) is 0 Å². The average molecular weight is 483 g/mol. The van der Waals surface area contributed by atoms with E-state index in [2.05, 4.69) is 48.5 Å². The largest absolute Gasteiger partial charge is 0.0581 e. The zero-order valence-electron chi connectivity index (χ0n) is 22.8. The molecule has 0 N–H and O–H groups in total. The van der Waals surface area contributed by atoms with E-state index in [1.807, 2.05) is 0 Å². The van der Waals surface area contributed by atoms with Crippen LogP contribution >= 0.6 is 0 Å². The summed E-state index contributed by atoms with van der Waals surface area (Å²) in [4.78, 5) is 0. The van der Waals surface area contributed by atoms with E-state index in [4.69, 9.17) is 0 Å². The van der Waals surface area contributed by atoms with Crippen molar-refractivity contribution in [1.82, 2.24) is 0 Å². The van der Waals surface area contributed by atoms with Gasteiger partial charge in [0, 0.05) is 0 Å². The molecule has 0 heterocycles. The van der Waals surface area contributed by atoms with Crippen LogP contribution in [0.4, 0.5) is 0 Å². The third-order valence-corrected chi connectivity index (χ3v) is 11.3. The highest BCUT2D eigenvalue weighted by Crippen LogP contribution is 2.44. The monoisotopic (exact) mass is 482 g/mol. The zero-order chi connectivity index (χ0) is 24.2. The van der Waals surface area contributed by atoms with Gasteiger partial charge in [0.05, 0.1) is 0 Å². The molecule has 0 unspecified atom stereocenters. The quantitative estimate of drug-likeness (QED) is 0.397. The smallest absolute Gasteiger partial charge is 0.0162 e. The van der Waals surface area contributed by atoms with Gasteiger partial charge in [-0.15, -0.1) is 0 Å². The van der Waals surface area contributed by atoms with Crippen LogP contribution < -0.4 is 0 Å². The number of rotatable bonds is 5. The van der Waals surface area contributed by atoms with Gasteiger partial charge in [0.15, 0.2) is 0 Å². The Morgan fingerprint density at radius 3 is 0.944 bits per heavy atom. The van der Waals surface area contributed by atoms with Gasteiger partial charge in [0.25, 0.3) is 0 Å². The predicted molar refractivity (Wildman–Crippen MR) is 154 cm³/mol. The summed E-state index contributed by atoms with van der Waals surface area (Å²) < 4.78 is 0. The molecule has 0 bridgehead atoms. The van der Waals surface area contributed by atoms with Gasteiger partial charge in [-0.3, -0.25) is 0 Å². The molecule has 0 spiro atoms. The third-order valence-electron chi connectivity index (χ3n) is 11.3. The van der Waals surface area contributed by atoms with E-state index in [9.17, 15) is 0 Å². The van der Waals surface area contributed by atoms with E-state index >= 15 is 0 Å². The fourth-order valence-corrected chi connectivity index (χ4v) is 8.95. The predicted octanol–water partition coefficient (Wildman–Crippen LogP) is 11.1. The first-order chi connectivity index (χ1) is 17.8. The lowest BCUT2D eigenvalue weighted by atomic mass is 9.70. The summed E-state index contributed by atoms with van der Waals surface area (Å²) >= 11 is 0. The van der Waals surface area contributed by atoms with Crippen molar-refractivity contribution in [3.05, 3.63) is 59.7 Å². The maximum absolute atomic E-state index is 2.45. The fourth-order valence-electron chi connectivity index (χ4n) is 8.95. The minimum atomic E-state index is 0.796. The Hall–Kier alpha value is -1.56. The first kappa shape index (κ1) is 24.8. The molecule has 2 aromatic rings. The van der Waals surface area contributed by atoms with Crippen molar-refractivity contribution in [1.29, 1.82) is 0 Å². The molecule has 6 rings (SSSR count). The lowest BCUT2D eigenvalue weighted by molar-refractivity contribution is 0.186. The molecule has 4 fully saturated rings. The molecule has 4 aliphatic carbocycles. The van der Waals surface area contributed by atoms with Crippen LogP contribution in [0.3, 0.4) is 0 Å². The van der Waals surface area contributed by atoms with Crippen LogP contribution in [0.2, 0.25) is 0 Å². The molecule has 0 saturated heterocycles. The van der Waals surface area contributed by atoms with Crippen LogP contribution in [0, 0.1) is 23.7 Å². The fraction of sp³-hybridized carbons (Fsp3) is 0.667. The molecule has 0 radical (unpaired) electrons. The normalized spacial score (nSPS) is 30.8. The van der Waals surface area contributed by atoms with Crippen LogP contribution in [0.1, 0.15) is 139 Å². The van der Waals surface area contributed by atoms with E-state index in [-0.39, 0.29) is 0 Å². The van der Waals surface area contributed by atoms with Gasteiger partial charge < -0.3 is 0 Å². The minimum absolute atomic E-state index is 0.796. The van der Waals surface area contributed by atoms with Crippen LogP contribution in [-0.4, -0.2) is 0 Å². The Kier molecular flexibility index (Phi) is 8.17. The Balaban J connectivity index is 1.01. The second kappa shape index (κ2) is 11.9. The maximum Gasteiger partial charge on any atom is -0.0162 e. The van der Waals surface area contributed by atoms with Crippen molar-refractivity contribution < 1.29 is 0 Å². The molecule has 0 heteroatoms. The SMILES string of the molecule is c1cc(C2CCC(C3CCCCC3)CC2)ccc1-c1ccc(C2CCC(C3CCCCC3)CC2)cc1. The van der Waals surface area contributed by atoms with E-state index in [0.29, 0.717) is 0 Å². The molecular weight excluding hydrogens is 432 g/mol. The summed E-state index contributed by atoms with van der Waals surface area (Å²) in [7, 11) is 0. The van der Waals surface area contributed by atoms with Crippen molar-refractivity contribution in [2.75, 3.05) is 0 Å². The summed E-state index contributed by atoms with van der Waals surface area (Å²) in [5.74, 6) is 5.76. The van der Waals surface area contributed by atoms with Gasteiger partial charge >= 0.3 is 0 Å². The highest BCUT2D eigenvalue weighted by Gasteiger charge is 2.30. The first-order valence-electron chi connectivity index (χ1n) is 16.0. The first-order valence-corrected chi connectivity index (χ1v) is 16.0. The second-order valence-electron chi connectivity index (χ2n) is 13.3. The van der Waals surface area contributed by atoms with E-state index in [1.165, 1.54) is 127 Å². The van der Waals surface area contributed by atoms with Gasteiger partial charge in [0.1, 0.15) is 0 Å². The second-order valence-corrected chi connectivity index (χ2v) is 13.3. The summed E-state index contributed by atoms with van der Waals surface area (Å²) in [6.45, 7) is 0. The van der Waals surface area contributed by atoms with Crippen LogP contribution in [0.15, 0.2) is 48.5 Å².